The molecule has 2 aromatic rings. The number of hydrogen-bond donors (Lipinski definition) is 1. The molecule has 23 heavy (non-hydrogen) atoms. The highest BCUT2D eigenvalue weighted by atomic mass is 32.1. The number of thiazole rings is 1. The van der Waals surface area contributed by atoms with Crippen molar-refractivity contribution in [3.8, 4) is 10.6 Å². The van der Waals surface area contributed by atoms with Crippen LogP contribution in [0.1, 0.15) is 28.2 Å². The van der Waals surface area contributed by atoms with Crippen molar-refractivity contribution in [2.45, 2.75) is 25.9 Å². The molecule has 0 bridgehead atoms. The lowest BCUT2D eigenvalue weighted by Crippen LogP contribution is -2.39. The van der Waals surface area contributed by atoms with Gasteiger partial charge in [-0.2, -0.15) is 0 Å². The molecule has 0 spiro atoms. The van der Waals surface area contributed by atoms with Crippen molar-refractivity contribution >= 4 is 17.2 Å². The minimum atomic E-state index is -0.937. The van der Waals surface area contributed by atoms with Gasteiger partial charge in [-0.25, -0.2) is 13.8 Å². The van der Waals surface area contributed by atoms with Gasteiger partial charge in [-0.1, -0.05) is 0 Å². The molecule has 1 aliphatic rings. The number of halogens is 2. The molecule has 122 valence electrons. The lowest BCUT2D eigenvalue weighted by Gasteiger charge is -2.29. The molecule has 4 nitrogen and oxygen atoms in total. The zero-order chi connectivity index (χ0) is 16.6. The van der Waals surface area contributed by atoms with Crippen LogP contribution < -0.4 is 0 Å². The number of nitrogens with zero attached hydrogens (tertiary/aromatic N) is 2. The average Bonchev–Trinajstić information content (AvgIpc) is 2.92. The number of aliphatic hydroxyl groups is 1. The smallest absolute Gasteiger partial charge is 0.265 e. The number of carbonyl (C=O) groups is 1. The molecule has 0 radical (unpaired) electrons. The molecule has 0 unspecified atom stereocenters. The zero-order valence-corrected chi connectivity index (χ0v) is 13.4. The number of aromatic nitrogens is 1. The van der Waals surface area contributed by atoms with E-state index in [9.17, 15) is 18.7 Å². The molecule has 1 aromatic heterocycles. The Morgan fingerprint density at radius 2 is 2.00 bits per heavy atom. The number of rotatable bonds is 2. The third-order valence-electron chi connectivity index (χ3n) is 3.91. The van der Waals surface area contributed by atoms with Crippen molar-refractivity contribution in [3.63, 3.8) is 0 Å². The molecule has 1 aliphatic heterocycles. The second kappa shape index (κ2) is 6.33. The number of aliphatic hydroxyl groups excluding tert-OH is 1. The molecule has 0 atom stereocenters. The summed E-state index contributed by atoms with van der Waals surface area (Å²) < 4.78 is 26.4. The van der Waals surface area contributed by atoms with E-state index in [0.717, 1.165) is 12.1 Å². The summed E-state index contributed by atoms with van der Waals surface area (Å²) in [6.07, 6.45) is 0.790. The summed E-state index contributed by atoms with van der Waals surface area (Å²) in [5.41, 5.74) is 1.02. The summed E-state index contributed by atoms with van der Waals surface area (Å²) in [7, 11) is 0. The number of carbonyl (C=O) groups excluding carboxylic acids is 1. The van der Waals surface area contributed by atoms with Gasteiger partial charge in [-0.3, -0.25) is 4.79 Å². The Hall–Kier alpha value is -1.86. The summed E-state index contributed by atoms with van der Waals surface area (Å²) in [5.74, 6) is -1.97. The van der Waals surface area contributed by atoms with Gasteiger partial charge in [-0.15, -0.1) is 11.3 Å². The van der Waals surface area contributed by atoms with Gasteiger partial charge in [0, 0.05) is 18.7 Å². The van der Waals surface area contributed by atoms with Crippen molar-refractivity contribution in [1.29, 1.82) is 0 Å². The van der Waals surface area contributed by atoms with Gasteiger partial charge >= 0.3 is 0 Å². The summed E-state index contributed by atoms with van der Waals surface area (Å²) in [4.78, 5) is 19.1. The average molecular weight is 338 g/mol. The van der Waals surface area contributed by atoms with Crippen LogP contribution in [0.3, 0.4) is 0 Å². The van der Waals surface area contributed by atoms with Crippen LogP contribution in [0.4, 0.5) is 8.78 Å². The van der Waals surface area contributed by atoms with Crippen LogP contribution in [0.2, 0.25) is 0 Å². The second-order valence-electron chi connectivity index (χ2n) is 5.59. The van der Waals surface area contributed by atoms with E-state index in [1.807, 2.05) is 0 Å². The van der Waals surface area contributed by atoms with Gasteiger partial charge in [0.05, 0.1) is 11.8 Å². The van der Waals surface area contributed by atoms with Gasteiger partial charge in [-0.05, 0) is 38.0 Å². The van der Waals surface area contributed by atoms with Crippen LogP contribution in [-0.2, 0) is 0 Å². The van der Waals surface area contributed by atoms with Crippen molar-refractivity contribution in [3.05, 3.63) is 40.4 Å². The Kier molecular flexibility index (Phi) is 4.41. The van der Waals surface area contributed by atoms with Crippen LogP contribution in [0.25, 0.3) is 10.6 Å². The number of aryl methyl sites for hydroxylation is 1. The van der Waals surface area contributed by atoms with Crippen molar-refractivity contribution < 1.29 is 18.7 Å². The Labute approximate surface area is 136 Å². The highest BCUT2D eigenvalue weighted by molar-refractivity contribution is 7.17. The van der Waals surface area contributed by atoms with Crippen LogP contribution in [0.5, 0.6) is 0 Å². The fraction of sp³-hybridized carbons (Fsp3) is 0.375. The number of benzene rings is 1. The van der Waals surface area contributed by atoms with E-state index in [0.29, 0.717) is 47.1 Å². The highest BCUT2D eigenvalue weighted by Crippen LogP contribution is 2.30. The molecule has 0 aliphatic carbocycles. The Balaban J connectivity index is 1.85. The molecule has 1 N–H and O–H groups in total. The van der Waals surface area contributed by atoms with E-state index in [4.69, 9.17) is 0 Å². The maximum Gasteiger partial charge on any atom is 0.265 e. The Bertz CT molecular complexity index is 740. The number of hydrogen-bond acceptors (Lipinski definition) is 4. The minimum Gasteiger partial charge on any atom is -0.393 e. The van der Waals surface area contributed by atoms with Crippen LogP contribution in [0.15, 0.2) is 18.2 Å². The first-order valence-corrected chi connectivity index (χ1v) is 8.17. The van der Waals surface area contributed by atoms with Gasteiger partial charge in [0.1, 0.15) is 9.88 Å². The molecule has 7 heteroatoms. The molecular formula is C16H16F2N2O2S. The van der Waals surface area contributed by atoms with Gasteiger partial charge in [0.15, 0.2) is 11.6 Å². The lowest BCUT2D eigenvalue weighted by atomic mass is 10.1. The molecule has 2 heterocycles. The topological polar surface area (TPSA) is 53.4 Å². The van der Waals surface area contributed by atoms with E-state index in [2.05, 4.69) is 4.98 Å². The van der Waals surface area contributed by atoms with E-state index in [-0.39, 0.29) is 12.0 Å². The molecule has 1 fully saturated rings. The van der Waals surface area contributed by atoms with E-state index in [1.54, 1.807) is 11.8 Å². The summed E-state index contributed by atoms with van der Waals surface area (Å²) in [5, 5.41) is 10.0. The van der Waals surface area contributed by atoms with E-state index >= 15 is 0 Å². The van der Waals surface area contributed by atoms with Crippen LogP contribution in [0, 0.1) is 18.6 Å². The lowest BCUT2D eigenvalue weighted by molar-refractivity contribution is 0.0550. The summed E-state index contributed by atoms with van der Waals surface area (Å²) in [6.45, 7) is 2.75. The van der Waals surface area contributed by atoms with Gasteiger partial charge < -0.3 is 10.0 Å². The highest BCUT2D eigenvalue weighted by Gasteiger charge is 2.25. The molecular weight excluding hydrogens is 322 g/mol. The zero-order valence-electron chi connectivity index (χ0n) is 12.6. The van der Waals surface area contributed by atoms with Crippen molar-refractivity contribution in [2.24, 2.45) is 0 Å². The van der Waals surface area contributed by atoms with E-state index < -0.39 is 11.6 Å². The largest absolute Gasteiger partial charge is 0.393 e. The first-order valence-electron chi connectivity index (χ1n) is 7.36. The van der Waals surface area contributed by atoms with Crippen LogP contribution >= 0.6 is 11.3 Å². The summed E-state index contributed by atoms with van der Waals surface area (Å²) >= 11 is 1.18. The van der Waals surface area contributed by atoms with Crippen molar-refractivity contribution in [2.75, 3.05) is 13.1 Å². The minimum absolute atomic E-state index is 0.124. The number of piperidine rings is 1. The molecule has 0 saturated carbocycles. The maximum absolute atomic E-state index is 13.4. The SMILES string of the molecule is Cc1nc(-c2ccc(F)c(F)c2)sc1C(=O)N1CCC(O)CC1. The second-order valence-corrected chi connectivity index (χ2v) is 6.58. The maximum atomic E-state index is 13.4. The van der Waals surface area contributed by atoms with Gasteiger partial charge in [0.2, 0.25) is 0 Å². The molecule has 1 aromatic carbocycles. The quantitative estimate of drug-likeness (QED) is 0.916. The Morgan fingerprint density at radius 3 is 2.65 bits per heavy atom. The first kappa shape index (κ1) is 16.0. The molecule has 1 saturated heterocycles. The fourth-order valence-electron chi connectivity index (χ4n) is 2.56. The number of amides is 1. The molecule has 3 rings (SSSR count). The first-order chi connectivity index (χ1) is 11.0. The monoisotopic (exact) mass is 338 g/mol. The molecule has 1 amide bonds. The predicted octanol–water partition coefficient (Wildman–Crippen LogP) is 2.99. The number of likely N-dealkylation sites (tertiary alicyclic amines) is 1. The van der Waals surface area contributed by atoms with Crippen molar-refractivity contribution in [1.82, 2.24) is 9.88 Å². The summed E-state index contributed by atoms with van der Waals surface area (Å²) in [6, 6.07) is 3.58. The van der Waals surface area contributed by atoms with Gasteiger partial charge in [0.25, 0.3) is 5.91 Å². The van der Waals surface area contributed by atoms with Crippen LogP contribution in [-0.4, -0.2) is 40.1 Å². The van der Waals surface area contributed by atoms with E-state index in [1.165, 1.54) is 17.4 Å². The third-order valence-corrected chi connectivity index (χ3v) is 5.10. The third kappa shape index (κ3) is 3.25. The Morgan fingerprint density at radius 1 is 1.30 bits per heavy atom. The fourth-order valence-corrected chi connectivity index (χ4v) is 3.59. The predicted molar refractivity (Wildman–Crippen MR) is 83.3 cm³/mol. The standard InChI is InChI=1S/C16H16F2N2O2S/c1-9-14(16(22)20-6-4-11(21)5-7-20)23-15(19-9)10-2-3-12(17)13(18)8-10/h2-3,8,11,21H,4-7H2,1H3. The normalized spacial score (nSPS) is 15.9.